The zero-order valence-electron chi connectivity index (χ0n) is 18.6. The van der Waals surface area contributed by atoms with Gasteiger partial charge in [0, 0.05) is 29.0 Å². The first-order chi connectivity index (χ1) is 15.2. The van der Waals surface area contributed by atoms with Crippen LogP contribution in [0.5, 0.6) is 0 Å². The van der Waals surface area contributed by atoms with Crippen LogP contribution in [0.3, 0.4) is 0 Å². The molecule has 0 aliphatic heterocycles. The van der Waals surface area contributed by atoms with E-state index < -0.39 is 0 Å². The van der Waals surface area contributed by atoms with Crippen LogP contribution in [-0.4, -0.2) is 37.9 Å². The molecule has 0 aliphatic rings. The topological polar surface area (TPSA) is 83.8 Å². The molecule has 3 aromatic rings. The Morgan fingerprint density at radius 2 is 1.52 bits per heavy atom. The zero-order chi connectivity index (χ0) is 22.2. The lowest BCUT2D eigenvalue weighted by Gasteiger charge is -2.11. The molecule has 0 saturated carbocycles. The van der Waals surface area contributed by atoms with Gasteiger partial charge in [-0.05, 0) is 39.8 Å². The number of aromatic nitrogens is 5. The molecule has 0 spiro atoms. The number of hydrogen-bond acceptors (Lipinski definition) is 5. The third kappa shape index (κ3) is 4.69. The molecule has 3 aromatic heterocycles. The molecular weight excluding hydrogens is 387 g/mol. The van der Waals surface area contributed by atoms with E-state index in [0.29, 0.717) is 37.6 Å². The quantitative estimate of drug-likeness (QED) is 0.418. The Morgan fingerprint density at radius 1 is 0.903 bits per heavy atom. The van der Waals surface area contributed by atoms with Crippen LogP contribution in [0.4, 0.5) is 5.82 Å². The van der Waals surface area contributed by atoms with Crippen molar-refractivity contribution in [2.45, 2.75) is 34.4 Å². The van der Waals surface area contributed by atoms with E-state index in [-0.39, 0.29) is 0 Å². The highest BCUT2D eigenvalue weighted by molar-refractivity contribution is 6.34. The molecule has 0 fully saturated rings. The molecule has 7 nitrogen and oxygen atoms in total. The summed E-state index contributed by atoms with van der Waals surface area (Å²) in [5.41, 5.74) is 11.9. The van der Waals surface area contributed by atoms with Gasteiger partial charge < -0.3 is 14.9 Å². The Labute approximate surface area is 183 Å². The van der Waals surface area contributed by atoms with Gasteiger partial charge in [0.1, 0.15) is 18.6 Å². The summed E-state index contributed by atoms with van der Waals surface area (Å²) in [6, 6.07) is 0. The van der Waals surface area contributed by atoms with Crippen molar-refractivity contribution in [2.24, 2.45) is 0 Å². The molecule has 3 heterocycles. The molecule has 0 unspecified atom stereocenters. The molecule has 8 heteroatoms. The lowest BCUT2D eigenvalue weighted by molar-refractivity contribution is 0.114. The predicted molar refractivity (Wildman–Crippen MR) is 131 cm³/mol. The maximum Gasteiger partial charge on any atom is 0.268 e. The highest BCUT2D eigenvalue weighted by atomic mass is 16.5. The Bertz CT molecular complexity index is 1110. The van der Waals surface area contributed by atoms with E-state index in [1.165, 1.54) is 28.8 Å². The van der Waals surface area contributed by atoms with Gasteiger partial charge in [0.15, 0.2) is 11.5 Å². The van der Waals surface area contributed by atoms with Crippen LogP contribution in [0.1, 0.15) is 50.2 Å². The third-order valence-corrected chi connectivity index (χ3v) is 4.86. The molecule has 0 atom stereocenters. The minimum absolute atomic E-state index is 0.343. The van der Waals surface area contributed by atoms with E-state index in [4.69, 9.17) is 10.5 Å². The molecule has 160 valence electrons. The maximum atomic E-state index is 5.98. The number of hydrogen-bond donors (Lipinski definition) is 1. The number of allylic oxidation sites excluding steroid dienone is 4. The molecule has 31 heavy (non-hydrogen) atoms. The van der Waals surface area contributed by atoms with Gasteiger partial charge >= 0.3 is 0 Å². The Kier molecular flexibility index (Phi) is 7.62. The summed E-state index contributed by atoms with van der Waals surface area (Å²) in [7, 11) is 0.713. The van der Waals surface area contributed by atoms with Crippen molar-refractivity contribution in [2.75, 3.05) is 12.2 Å². The second kappa shape index (κ2) is 10.6. The van der Waals surface area contributed by atoms with Gasteiger partial charge in [0.25, 0.3) is 7.41 Å². The number of imidazole rings is 1. The van der Waals surface area contributed by atoms with Crippen molar-refractivity contribution >= 4 is 48.7 Å². The lowest BCUT2D eigenvalue weighted by Crippen LogP contribution is -2.18. The van der Waals surface area contributed by atoms with E-state index in [2.05, 4.69) is 68.0 Å². The first-order valence-corrected chi connectivity index (χ1v) is 10.4. The molecule has 0 saturated heterocycles. The van der Waals surface area contributed by atoms with E-state index in [0.717, 1.165) is 0 Å². The summed E-state index contributed by atoms with van der Waals surface area (Å²) in [5.74, 6) is 0.371. The van der Waals surface area contributed by atoms with Gasteiger partial charge in [-0.25, -0.2) is 15.0 Å². The monoisotopic (exact) mass is 416 g/mol. The van der Waals surface area contributed by atoms with Crippen LogP contribution in [-0.2, 0) is 11.5 Å². The number of nitrogens with two attached hydrogens (primary N) is 1. The normalized spacial score (nSPS) is 12.5. The van der Waals surface area contributed by atoms with Crippen LogP contribution in [0.25, 0.3) is 35.5 Å². The van der Waals surface area contributed by atoms with Gasteiger partial charge in [-0.3, -0.25) is 4.57 Å². The van der Waals surface area contributed by atoms with Crippen molar-refractivity contribution in [1.29, 1.82) is 0 Å². The first-order valence-electron chi connectivity index (χ1n) is 10.4. The van der Waals surface area contributed by atoms with Gasteiger partial charge in [0.2, 0.25) is 0 Å². The van der Waals surface area contributed by atoms with Crippen molar-refractivity contribution in [3.05, 3.63) is 59.5 Å². The van der Waals surface area contributed by atoms with Gasteiger partial charge in [-0.15, -0.1) is 0 Å². The summed E-state index contributed by atoms with van der Waals surface area (Å²) in [6.07, 6.45) is 20.0. The van der Waals surface area contributed by atoms with Gasteiger partial charge in [0.05, 0.1) is 6.33 Å². The zero-order valence-corrected chi connectivity index (χ0v) is 18.6. The van der Waals surface area contributed by atoms with E-state index in [9.17, 15) is 0 Å². The van der Waals surface area contributed by atoms with Crippen LogP contribution in [0.15, 0.2) is 37.0 Å². The first kappa shape index (κ1) is 22.3. The molecular formula is C23H29BN6O. The number of anilines is 1. The molecule has 0 radical (unpaired) electrons. The number of ether oxygens (including phenoxy) is 1. The Morgan fingerprint density at radius 3 is 2.10 bits per heavy atom. The van der Waals surface area contributed by atoms with Gasteiger partial charge in [-0.2, -0.15) is 0 Å². The average Bonchev–Trinajstić information content (AvgIpc) is 3.29. The Hall–Kier alpha value is -3.39. The standard InChI is InChI=1S/C23H29BN6O/c1-5-9-17-18(10-6-2)20(12-8-4)30(19(17)11-7-3)24-13-31-16-29-15-28-21-22(25)26-14-27-23(21)29/h5-12,14-15,24H,13,16H2,1-4H3,(H2,25,26,27)/b9-5-,10-6-,11-7-,12-8-. The second-order valence-electron chi connectivity index (χ2n) is 6.93. The Balaban J connectivity index is 1.85. The number of rotatable bonds is 9. The third-order valence-electron chi connectivity index (χ3n) is 4.86. The predicted octanol–water partition coefficient (Wildman–Crippen LogP) is 4.17. The summed E-state index contributed by atoms with van der Waals surface area (Å²) >= 11 is 0. The van der Waals surface area contributed by atoms with Gasteiger partial charge in [-0.1, -0.05) is 36.5 Å². The SMILES string of the molecule is C/C=C\c1c(/C=C\C)c(/C=C\C)n(BCOCn2cnc3c(N)ncnc32)c1/C=C\C. The minimum atomic E-state index is 0.343. The molecule has 3 rings (SSSR count). The fourth-order valence-corrected chi connectivity index (χ4v) is 3.61. The summed E-state index contributed by atoms with van der Waals surface area (Å²) in [5, 5.41) is 0. The second-order valence-corrected chi connectivity index (χ2v) is 6.93. The number of nitrogens with zero attached hydrogens (tertiary/aromatic N) is 5. The fraction of sp³-hybridized carbons (Fsp3) is 0.261. The van der Waals surface area contributed by atoms with E-state index in [1.807, 2.05) is 32.3 Å². The molecule has 2 N–H and O–H groups in total. The summed E-state index contributed by atoms with van der Waals surface area (Å²) in [4.78, 5) is 12.5. The summed E-state index contributed by atoms with van der Waals surface area (Å²) < 4.78 is 10.1. The van der Waals surface area contributed by atoms with Crippen molar-refractivity contribution < 1.29 is 4.74 Å². The van der Waals surface area contributed by atoms with Crippen LogP contribution in [0.2, 0.25) is 0 Å². The lowest BCUT2D eigenvalue weighted by atomic mass is 9.94. The molecule has 0 amide bonds. The highest BCUT2D eigenvalue weighted by Gasteiger charge is 2.17. The minimum Gasteiger partial charge on any atom is -0.387 e. The fourth-order valence-electron chi connectivity index (χ4n) is 3.61. The van der Waals surface area contributed by atoms with Crippen molar-refractivity contribution in [3.8, 4) is 0 Å². The van der Waals surface area contributed by atoms with Crippen LogP contribution in [0, 0.1) is 0 Å². The summed E-state index contributed by atoms with van der Waals surface area (Å²) in [6.45, 7) is 9.04. The van der Waals surface area contributed by atoms with Crippen molar-refractivity contribution in [3.63, 3.8) is 0 Å². The van der Waals surface area contributed by atoms with Crippen LogP contribution >= 0.6 is 0 Å². The number of nitrogen functional groups attached to an aromatic ring is 1. The van der Waals surface area contributed by atoms with Crippen LogP contribution < -0.4 is 5.73 Å². The highest BCUT2D eigenvalue weighted by Crippen LogP contribution is 2.28. The largest absolute Gasteiger partial charge is 0.387 e. The number of fused-ring (bicyclic) bond motifs is 1. The van der Waals surface area contributed by atoms with E-state index in [1.54, 1.807) is 6.33 Å². The maximum absolute atomic E-state index is 5.98. The average molecular weight is 416 g/mol. The molecule has 0 aliphatic carbocycles. The van der Waals surface area contributed by atoms with E-state index >= 15 is 0 Å². The smallest absolute Gasteiger partial charge is 0.268 e. The van der Waals surface area contributed by atoms with Crippen molar-refractivity contribution in [1.82, 2.24) is 24.0 Å². The molecule has 0 aromatic carbocycles. The molecule has 0 bridgehead atoms.